The lowest BCUT2D eigenvalue weighted by molar-refractivity contribution is -0.914. The van der Waals surface area contributed by atoms with Crippen LogP contribution in [0.25, 0.3) is 0 Å². The normalized spacial score (nSPS) is 15.6. The summed E-state index contributed by atoms with van der Waals surface area (Å²) in [5.74, 6) is 0.221. The molecule has 0 radical (unpaired) electrons. The Kier molecular flexibility index (Phi) is 6.33. The minimum absolute atomic E-state index is 0.0899. The predicted molar refractivity (Wildman–Crippen MR) is 112 cm³/mol. The van der Waals surface area contributed by atoms with Crippen LogP contribution < -0.4 is 19.9 Å². The van der Waals surface area contributed by atoms with Crippen LogP contribution in [0, 0.1) is 17.0 Å². The van der Waals surface area contributed by atoms with Gasteiger partial charge in [-0.15, -0.1) is 0 Å². The molecule has 154 valence electrons. The first-order valence-corrected chi connectivity index (χ1v) is 9.69. The Morgan fingerprint density at radius 3 is 2.55 bits per heavy atom. The summed E-state index contributed by atoms with van der Waals surface area (Å²) in [5, 5.41) is 13.8. The van der Waals surface area contributed by atoms with Gasteiger partial charge in [0.15, 0.2) is 6.04 Å². The molecule has 1 saturated heterocycles. The predicted octanol–water partition coefficient (Wildman–Crippen LogP) is 1.64. The van der Waals surface area contributed by atoms with E-state index in [9.17, 15) is 14.9 Å². The molecule has 1 aliphatic heterocycles. The van der Waals surface area contributed by atoms with Gasteiger partial charge in [-0.05, 0) is 31.5 Å². The molecule has 0 unspecified atom stereocenters. The molecular formula is C21H27N4O4+. The summed E-state index contributed by atoms with van der Waals surface area (Å²) in [7, 11) is 1.47. The van der Waals surface area contributed by atoms with Gasteiger partial charge < -0.3 is 19.9 Å². The molecule has 0 aliphatic carbocycles. The van der Waals surface area contributed by atoms with Crippen molar-refractivity contribution < 1.29 is 19.4 Å². The number of aryl methyl sites for hydroxylation is 1. The van der Waals surface area contributed by atoms with E-state index in [2.05, 4.69) is 29.3 Å². The van der Waals surface area contributed by atoms with Crippen molar-refractivity contribution in [3.63, 3.8) is 0 Å². The summed E-state index contributed by atoms with van der Waals surface area (Å²) in [4.78, 5) is 26.9. The van der Waals surface area contributed by atoms with E-state index in [1.165, 1.54) is 41.5 Å². The summed E-state index contributed by atoms with van der Waals surface area (Å²) >= 11 is 0. The Morgan fingerprint density at radius 2 is 1.93 bits per heavy atom. The molecule has 2 N–H and O–H groups in total. The molecule has 8 heteroatoms. The van der Waals surface area contributed by atoms with E-state index >= 15 is 0 Å². The number of nitro groups is 1. The average molecular weight is 399 g/mol. The number of nitrogens with one attached hydrogen (secondary N) is 2. The molecule has 0 spiro atoms. The van der Waals surface area contributed by atoms with Crippen LogP contribution in [0.4, 0.5) is 17.1 Å². The minimum Gasteiger partial charge on any atom is -0.495 e. The van der Waals surface area contributed by atoms with Gasteiger partial charge in [-0.25, -0.2) is 0 Å². The standard InChI is InChI=1S/C21H26N4O4/c1-15-6-4-5-7-19(15)24-12-10-23(11-13-24)16(2)21(26)22-18-14-17(25(27)28)8-9-20(18)29-3/h4-9,14,16H,10-13H2,1-3H3,(H,22,26)/p+1/t16-/m1/s1. The first-order valence-electron chi connectivity index (χ1n) is 9.69. The second-order valence-corrected chi connectivity index (χ2v) is 7.28. The Labute approximate surface area is 170 Å². The largest absolute Gasteiger partial charge is 0.495 e. The fourth-order valence-electron chi connectivity index (χ4n) is 3.72. The number of hydrogen-bond donors (Lipinski definition) is 2. The topological polar surface area (TPSA) is 89.1 Å². The van der Waals surface area contributed by atoms with Crippen LogP contribution in [0.1, 0.15) is 12.5 Å². The number of benzene rings is 2. The van der Waals surface area contributed by atoms with E-state index in [1.807, 2.05) is 19.1 Å². The fraction of sp³-hybridized carbons (Fsp3) is 0.381. The number of rotatable bonds is 6. The number of anilines is 2. The van der Waals surface area contributed by atoms with Crippen molar-refractivity contribution in [1.82, 2.24) is 0 Å². The van der Waals surface area contributed by atoms with E-state index < -0.39 is 4.92 Å². The highest BCUT2D eigenvalue weighted by Crippen LogP contribution is 2.28. The van der Waals surface area contributed by atoms with Gasteiger partial charge >= 0.3 is 0 Å². The molecule has 2 aromatic rings. The van der Waals surface area contributed by atoms with Crippen molar-refractivity contribution >= 4 is 23.0 Å². The molecule has 1 amide bonds. The van der Waals surface area contributed by atoms with Crippen molar-refractivity contribution in [1.29, 1.82) is 0 Å². The minimum atomic E-state index is -0.492. The first-order chi connectivity index (χ1) is 13.9. The van der Waals surface area contributed by atoms with Crippen molar-refractivity contribution in [3.05, 3.63) is 58.1 Å². The van der Waals surface area contributed by atoms with Crippen LogP contribution >= 0.6 is 0 Å². The molecule has 0 saturated carbocycles. The maximum Gasteiger partial charge on any atom is 0.282 e. The summed E-state index contributed by atoms with van der Waals surface area (Å²) in [6, 6.07) is 12.2. The molecule has 1 atom stereocenters. The average Bonchev–Trinajstić information content (AvgIpc) is 2.73. The highest BCUT2D eigenvalue weighted by Gasteiger charge is 2.30. The molecule has 1 fully saturated rings. The van der Waals surface area contributed by atoms with Crippen molar-refractivity contribution in [3.8, 4) is 5.75 Å². The van der Waals surface area contributed by atoms with E-state index in [1.54, 1.807) is 0 Å². The van der Waals surface area contributed by atoms with Gasteiger partial charge in [-0.2, -0.15) is 0 Å². The monoisotopic (exact) mass is 399 g/mol. The lowest BCUT2D eigenvalue weighted by Crippen LogP contribution is -3.19. The molecule has 29 heavy (non-hydrogen) atoms. The van der Waals surface area contributed by atoms with E-state index in [0.29, 0.717) is 11.4 Å². The summed E-state index contributed by atoms with van der Waals surface area (Å²) in [5.41, 5.74) is 2.72. The smallest absolute Gasteiger partial charge is 0.282 e. The van der Waals surface area contributed by atoms with Gasteiger partial charge in [0.05, 0.1) is 43.9 Å². The molecule has 1 heterocycles. The third kappa shape index (κ3) is 4.65. The lowest BCUT2D eigenvalue weighted by Gasteiger charge is -2.36. The fourth-order valence-corrected chi connectivity index (χ4v) is 3.72. The van der Waals surface area contributed by atoms with Gasteiger partial charge in [-0.1, -0.05) is 18.2 Å². The van der Waals surface area contributed by atoms with Gasteiger partial charge in [0.2, 0.25) is 0 Å². The van der Waals surface area contributed by atoms with E-state index in [4.69, 9.17) is 4.74 Å². The number of para-hydroxylation sites is 1. The van der Waals surface area contributed by atoms with Gasteiger partial charge in [0.1, 0.15) is 5.75 Å². The zero-order valence-corrected chi connectivity index (χ0v) is 17.0. The zero-order chi connectivity index (χ0) is 21.0. The highest BCUT2D eigenvalue weighted by molar-refractivity contribution is 5.95. The van der Waals surface area contributed by atoms with Crippen LogP contribution in [-0.4, -0.2) is 50.2 Å². The maximum atomic E-state index is 12.8. The second kappa shape index (κ2) is 8.91. The number of nitro benzene ring substituents is 1. The number of hydrogen-bond acceptors (Lipinski definition) is 5. The molecular weight excluding hydrogens is 372 g/mol. The number of non-ortho nitro benzene ring substituents is 1. The Bertz CT molecular complexity index is 894. The second-order valence-electron chi connectivity index (χ2n) is 7.28. The van der Waals surface area contributed by atoms with Gasteiger partial charge in [0.25, 0.3) is 11.6 Å². The summed E-state index contributed by atoms with van der Waals surface area (Å²) in [6.07, 6.45) is 0. The van der Waals surface area contributed by atoms with Crippen LogP contribution in [0.5, 0.6) is 5.75 Å². The van der Waals surface area contributed by atoms with Crippen LogP contribution in [0.2, 0.25) is 0 Å². The maximum absolute atomic E-state index is 12.8. The number of ether oxygens (including phenoxy) is 1. The van der Waals surface area contributed by atoms with Crippen LogP contribution in [-0.2, 0) is 4.79 Å². The number of quaternary nitrogens is 1. The molecule has 3 rings (SSSR count). The third-order valence-corrected chi connectivity index (χ3v) is 5.52. The number of piperazine rings is 1. The van der Waals surface area contributed by atoms with E-state index in [-0.39, 0.29) is 17.6 Å². The summed E-state index contributed by atoms with van der Waals surface area (Å²) in [6.45, 7) is 7.43. The van der Waals surface area contributed by atoms with Gasteiger partial charge in [0, 0.05) is 17.8 Å². The molecule has 8 nitrogen and oxygen atoms in total. The summed E-state index contributed by atoms with van der Waals surface area (Å²) < 4.78 is 5.23. The highest BCUT2D eigenvalue weighted by atomic mass is 16.6. The first kappa shape index (κ1) is 20.6. The van der Waals surface area contributed by atoms with Crippen molar-refractivity contribution in [2.24, 2.45) is 0 Å². The Balaban J connectivity index is 1.64. The zero-order valence-electron chi connectivity index (χ0n) is 17.0. The third-order valence-electron chi connectivity index (χ3n) is 5.52. The van der Waals surface area contributed by atoms with Crippen molar-refractivity contribution in [2.45, 2.75) is 19.9 Å². The molecule has 2 aromatic carbocycles. The molecule has 1 aliphatic rings. The van der Waals surface area contributed by atoms with Gasteiger partial charge in [-0.3, -0.25) is 14.9 Å². The lowest BCUT2D eigenvalue weighted by atomic mass is 10.1. The van der Waals surface area contributed by atoms with E-state index in [0.717, 1.165) is 26.2 Å². The van der Waals surface area contributed by atoms with Crippen LogP contribution in [0.15, 0.2) is 42.5 Å². The Hall–Kier alpha value is -3.13. The van der Waals surface area contributed by atoms with Crippen LogP contribution in [0.3, 0.4) is 0 Å². The number of amides is 1. The Morgan fingerprint density at radius 1 is 1.24 bits per heavy atom. The number of nitrogens with zero attached hydrogens (tertiary/aromatic N) is 2. The molecule has 0 aromatic heterocycles. The number of carbonyl (C=O) groups excluding carboxylic acids is 1. The SMILES string of the molecule is COc1ccc([N+](=O)[O-])cc1NC(=O)[C@@H](C)[NH+]1CCN(c2ccccc2C)CC1. The van der Waals surface area contributed by atoms with Crippen molar-refractivity contribution in [2.75, 3.05) is 43.5 Å². The quantitative estimate of drug-likeness (QED) is 0.570. The number of carbonyl (C=O) groups is 1. The number of methoxy groups -OCH3 is 1. The molecule has 0 bridgehead atoms.